The molecule has 0 atom stereocenters. The van der Waals surface area contributed by atoms with Gasteiger partial charge in [-0.05, 0) is 49.8 Å². The van der Waals surface area contributed by atoms with Crippen molar-refractivity contribution in [2.24, 2.45) is 11.8 Å². The van der Waals surface area contributed by atoms with Gasteiger partial charge in [0, 0.05) is 5.39 Å². The maximum Gasteiger partial charge on any atom is 0.357 e. The molecule has 0 spiro atoms. The standard InChI is InChI=1S/C21H14N3O4/c22-27-21(25)16-8-7-14-12-4-2-6-17-18(24(26)28-23)10-9-15(20(12)17)11-3-1-5-13(16)19(11)14/h1-10H,22-23H2/q-1. The van der Waals surface area contributed by atoms with Crippen molar-refractivity contribution >= 4 is 54.7 Å². The number of hydrogen-bond donors (Lipinski definition) is 2. The van der Waals surface area contributed by atoms with Crippen LogP contribution in [0.5, 0.6) is 0 Å². The van der Waals surface area contributed by atoms with Crippen molar-refractivity contribution in [2.45, 2.75) is 0 Å². The zero-order chi connectivity index (χ0) is 19.4. The third-order valence-corrected chi connectivity index (χ3v) is 5.26. The van der Waals surface area contributed by atoms with E-state index in [1.807, 2.05) is 48.5 Å². The predicted octanol–water partition coefficient (Wildman–Crippen LogP) is 3.88. The fraction of sp³-hybridized carbons (Fsp3) is 0. The molecule has 0 saturated heterocycles. The summed E-state index contributed by atoms with van der Waals surface area (Å²) >= 11 is 0. The van der Waals surface area contributed by atoms with Gasteiger partial charge in [0.1, 0.15) is 0 Å². The molecule has 0 aliphatic carbocycles. The summed E-state index contributed by atoms with van der Waals surface area (Å²) < 4.78 is 0. The van der Waals surface area contributed by atoms with Gasteiger partial charge in [-0.2, -0.15) is 16.7 Å². The van der Waals surface area contributed by atoms with Gasteiger partial charge in [0.15, 0.2) is 0 Å². The van der Waals surface area contributed by atoms with Crippen LogP contribution in [-0.2, 0) is 9.78 Å². The van der Waals surface area contributed by atoms with Crippen LogP contribution < -0.4 is 17.0 Å². The fourth-order valence-corrected chi connectivity index (χ4v) is 4.15. The normalized spacial score (nSPS) is 11.7. The molecule has 0 saturated carbocycles. The Kier molecular flexibility index (Phi) is 3.58. The Morgan fingerprint density at radius 3 is 1.93 bits per heavy atom. The van der Waals surface area contributed by atoms with E-state index in [-0.39, 0.29) is 0 Å². The van der Waals surface area contributed by atoms with Crippen molar-refractivity contribution in [1.82, 2.24) is 0 Å². The first-order valence-electron chi connectivity index (χ1n) is 8.53. The van der Waals surface area contributed by atoms with Crippen LogP contribution >= 0.6 is 0 Å². The summed E-state index contributed by atoms with van der Waals surface area (Å²) in [6.45, 7) is 0. The van der Waals surface area contributed by atoms with Crippen LogP contribution in [0.15, 0.2) is 60.7 Å². The van der Waals surface area contributed by atoms with E-state index in [0.29, 0.717) is 16.5 Å². The van der Waals surface area contributed by atoms with E-state index in [0.717, 1.165) is 43.1 Å². The molecular formula is C21H14N3O4-. The molecule has 28 heavy (non-hydrogen) atoms. The third-order valence-electron chi connectivity index (χ3n) is 5.26. The van der Waals surface area contributed by atoms with Crippen LogP contribution in [0.1, 0.15) is 10.4 Å². The van der Waals surface area contributed by atoms with Crippen LogP contribution in [0.2, 0.25) is 0 Å². The molecule has 0 aliphatic heterocycles. The molecule has 5 rings (SSSR count). The Balaban J connectivity index is 2.03. The molecule has 5 aromatic carbocycles. The molecule has 138 valence electrons. The number of nitrogens with two attached hydrogens (primary N) is 2. The van der Waals surface area contributed by atoms with Gasteiger partial charge in [-0.25, -0.2) is 4.79 Å². The smallest absolute Gasteiger partial charge is 0.357 e. The van der Waals surface area contributed by atoms with Gasteiger partial charge in [0.05, 0.1) is 11.3 Å². The Hall–Kier alpha value is -3.49. The Bertz CT molecular complexity index is 1360. The van der Waals surface area contributed by atoms with Crippen LogP contribution in [0.3, 0.4) is 0 Å². The number of nitrogens with zero attached hydrogens (tertiary/aromatic N) is 1. The molecule has 7 heteroatoms. The summed E-state index contributed by atoms with van der Waals surface area (Å²) in [7, 11) is 0. The number of fused-ring (bicyclic) bond motifs is 2. The van der Waals surface area contributed by atoms with Gasteiger partial charge in [0.2, 0.25) is 0 Å². The molecule has 0 bridgehead atoms. The molecule has 0 aromatic heterocycles. The Labute approximate surface area is 158 Å². The van der Waals surface area contributed by atoms with Gasteiger partial charge >= 0.3 is 5.97 Å². The summed E-state index contributed by atoms with van der Waals surface area (Å²) in [5.74, 6) is 9.59. The van der Waals surface area contributed by atoms with Crippen molar-refractivity contribution < 1.29 is 14.6 Å². The first kappa shape index (κ1) is 16.7. The first-order valence-corrected chi connectivity index (χ1v) is 8.53. The van der Waals surface area contributed by atoms with Crippen molar-refractivity contribution in [3.05, 3.63) is 71.4 Å². The van der Waals surface area contributed by atoms with Crippen molar-refractivity contribution in [1.29, 1.82) is 0 Å². The average Bonchev–Trinajstić information content (AvgIpc) is 2.75. The van der Waals surface area contributed by atoms with E-state index in [4.69, 9.17) is 11.8 Å². The maximum absolute atomic E-state index is 12.1. The van der Waals surface area contributed by atoms with E-state index >= 15 is 0 Å². The minimum atomic E-state index is -0.592. The molecule has 0 amide bonds. The second-order valence-corrected chi connectivity index (χ2v) is 6.52. The number of anilines is 1. The topological polar surface area (TPSA) is 114 Å². The molecule has 7 nitrogen and oxygen atoms in total. The lowest BCUT2D eigenvalue weighted by molar-refractivity contribution is 0.0506. The monoisotopic (exact) mass is 372 g/mol. The quantitative estimate of drug-likeness (QED) is 0.281. The molecule has 4 N–H and O–H groups in total. The molecule has 0 radical (unpaired) electrons. The fourth-order valence-electron chi connectivity index (χ4n) is 4.15. The number of rotatable bonds is 3. The summed E-state index contributed by atoms with van der Waals surface area (Å²) in [6.07, 6.45) is 0. The SMILES string of the molecule is NOC(=O)c1ccc2c3cccc4c(N([O-])ON)ccc(c5cccc1c25)c43. The lowest BCUT2D eigenvalue weighted by Gasteiger charge is -2.28. The largest absolute Gasteiger partial charge is 0.732 e. The molecule has 5 aromatic rings. The van der Waals surface area contributed by atoms with E-state index in [1.54, 1.807) is 12.1 Å². The molecule has 0 aliphatic rings. The number of carbonyl (C=O) groups is 1. The number of benzene rings is 5. The Morgan fingerprint density at radius 2 is 1.29 bits per heavy atom. The van der Waals surface area contributed by atoms with Gasteiger partial charge in [-0.1, -0.05) is 48.5 Å². The minimum absolute atomic E-state index is 0.291. The Morgan fingerprint density at radius 1 is 0.750 bits per heavy atom. The highest BCUT2D eigenvalue weighted by Gasteiger charge is 2.18. The van der Waals surface area contributed by atoms with Gasteiger partial charge in [0.25, 0.3) is 0 Å². The summed E-state index contributed by atoms with van der Waals surface area (Å²) in [5.41, 5.74) is 0.722. The zero-order valence-electron chi connectivity index (χ0n) is 14.5. The van der Waals surface area contributed by atoms with Crippen LogP contribution in [0.25, 0.3) is 43.1 Å². The van der Waals surface area contributed by atoms with Gasteiger partial charge in [-0.3, -0.25) is 5.23 Å². The lowest BCUT2D eigenvalue weighted by Crippen LogP contribution is -2.20. The van der Waals surface area contributed by atoms with Crippen LogP contribution in [0, 0.1) is 5.21 Å². The predicted molar refractivity (Wildman–Crippen MR) is 108 cm³/mol. The first-order chi connectivity index (χ1) is 13.7. The van der Waals surface area contributed by atoms with E-state index < -0.39 is 5.97 Å². The average molecular weight is 372 g/mol. The van der Waals surface area contributed by atoms with Crippen LogP contribution in [0.4, 0.5) is 5.69 Å². The molecule has 0 unspecified atom stereocenters. The highest BCUT2D eigenvalue weighted by molar-refractivity contribution is 6.35. The molecule has 0 fully saturated rings. The van der Waals surface area contributed by atoms with Crippen molar-refractivity contribution in [3.63, 3.8) is 0 Å². The minimum Gasteiger partial charge on any atom is -0.732 e. The zero-order valence-corrected chi connectivity index (χ0v) is 14.5. The summed E-state index contributed by atoms with van der Waals surface area (Å²) in [6, 6.07) is 18.6. The highest BCUT2D eigenvalue weighted by Crippen LogP contribution is 2.43. The summed E-state index contributed by atoms with van der Waals surface area (Å²) in [5, 5.41) is 19.5. The number of hydrogen-bond acceptors (Lipinski definition) is 7. The van der Waals surface area contributed by atoms with Gasteiger partial charge < -0.3 is 10.0 Å². The number of carbonyl (C=O) groups excluding carboxylic acids is 1. The van der Waals surface area contributed by atoms with E-state index in [9.17, 15) is 10.0 Å². The molecular weight excluding hydrogens is 358 g/mol. The summed E-state index contributed by atoms with van der Waals surface area (Å²) in [4.78, 5) is 21.0. The van der Waals surface area contributed by atoms with Crippen LogP contribution in [-0.4, -0.2) is 5.97 Å². The third kappa shape index (κ3) is 2.09. The van der Waals surface area contributed by atoms with E-state index in [1.165, 1.54) is 0 Å². The molecule has 0 heterocycles. The van der Waals surface area contributed by atoms with Crippen molar-refractivity contribution in [3.8, 4) is 0 Å². The van der Waals surface area contributed by atoms with Crippen molar-refractivity contribution in [2.75, 3.05) is 5.23 Å². The second-order valence-electron chi connectivity index (χ2n) is 6.52. The highest BCUT2D eigenvalue weighted by atomic mass is 16.9. The lowest BCUT2D eigenvalue weighted by atomic mass is 9.88. The second kappa shape index (κ2) is 6.01. The maximum atomic E-state index is 12.1. The van der Waals surface area contributed by atoms with Gasteiger partial charge in [-0.15, -0.1) is 0 Å². The van der Waals surface area contributed by atoms with E-state index in [2.05, 4.69) is 9.78 Å².